The Morgan fingerprint density at radius 2 is 2.10 bits per heavy atom. The number of hydrogen-bond donors (Lipinski definition) is 2. The highest BCUT2D eigenvalue weighted by Crippen LogP contribution is 2.15. The highest BCUT2D eigenvalue weighted by molar-refractivity contribution is 7.91. The maximum Gasteiger partial charge on any atom is 0.305 e. The van der Waals surface area contributed by atoms with Crippen molar-refractivity contribution >= 4 is 21.4 Å². The molecule has 1 unspecified atom stereocenters. The van der Waals surface area contributed by atoms with Crippen LogP contribution >= 0.6 is 11.3 Å². The number of H-pyrrole nitrogens is 1. The number of piperazine rings is 1. The first-order valence-electron chi connectivity index (χ1n) is 6.38. The summed E-state index contributed by atoms with van der Waals surface area (Å²) in [4.78, 5) is 17.7. The third-order valence-corrected chi connectivity index (χ3v) is 6.54. The van der Waals surface area contributed by atoms with Gasteiger partial charge in [0.2, 0.25) is 0 Å². The van der Waals surface area contributed by atoms with Gasteiger partial charge in [0.1, 0.15) is 0 Å². The number of rotatable bonds is 4. The van der Waals surface area contributed by atoms with Crippen LogP contribution in [0.15, 0.2) is 9.00 Å². The van der Waals surface area contributed by atoms with Gasteiger partial charge >= 0.3 is 4.87 Å². The lowest BCUT2D eigenvalue weighted by atomic mass is 10.2. The van der Waals surface area contributed by atoms with E-state index >= 15 is 0 Å². The Kier molecular flexibility index (Phi) is 4.65. The number of aromatic amines is 1. The zero-order chi connectivity index (χ0) is 14.9. The third kappa shape index (κ3) is 3.47. The lowest BCUT2D eigenvalue weighted by molar-refractivity contribution is 0.117. The summed E-state index contributed by atoms with van der Waals surface area (Å²) >= 11 is 0.724. The number of hydrogen-bond acceptors (Lipinski definition) is 6. The van der Waals surface area contributed by atoms with E-state index in [2.05, 4.69) is 19.5 Å². The number of aromatic nitrogens is 1. The summed E-state index contributed by atoms with van der Waals surface area (Å²) < 4.78 is 27.1. The molecule has 1 atom stereocenters. The molecule has 20 heavy (non-hydrogen) atoms. The van der Waals surface area contributed by atoms with Crippen LogP contribution in [0.5, 0.6) is 0 Å². The van der Waals surface area contributed by atoms with E-state index in [4.69, 9.17) is 0 Å². The maximum absolute atomic E-state index is 12.2. The monoisotopic (exact) mass is 320 g/mol. The molecule has 0 aromatic carbocycles. The van der Waals surface area contributed by atoms with Gasteiger partial charge in [-0.3, -0.25) is 9.69 Å². The number of likely N-dealkylation sites (N-methyl/N-ethyl adjacent to an activating group) is 2. The summed E-state index contributed by atoms with van der Waals surface area (Å²) in [7, 11) is 0.398. The van der Waals surface area contributed by atoms with Crippen LogP contribution in [0.4, 0.5) is 0 Å². The molecule has 7 nitrogen and oxygen atoms in total. The van der Waals surface area contributed by atoms with E-state index in [9.17, 15) is 13.2 Å². The molecule has 0 spiro atoms. The molecule has 114 valence electrons. The van der Waals surface area contributed by atoms with Crippen molar-refractivity contribution in [1.29, 1.82) is 0 Å². The molecule has 1 saturated heterocycles. The molecular weight excluding hydrogens is 300 g/mol. The van der Waals surface area contributed by atoms with Gasteiger partial charge in [0.05, 0.1) is 0 Å². The fraction of sp³-hybridized carbons (Fsp3) is 0.727. The van der Waals surface area contributed by atoms with E-state index in [1.54, 1.807) is 6.92 Å². The Morgan fingerprint density at radius 1 is 1.40 bits per heavy atom. The fourth-order valence-corrected chi connectivity index (χ4v) is 4.66. The second kappa shape index (κ2) is 5.94. The van der Waals surface area contributed by atoms with Gasteiger partial charge in [-0.2, -0.15) is 0 Å². The Hall–Kier alpha value is -0.740. The van der Waals surface area contributed by atoms with Crippen LogP contribution in [0.1, 0.15) is 5.69 Å². The predicted octanol–water partition coefficient (Wildman–Crippen LogP) is -0.731. The number of nitrogens with zero attached hydrogens (tertiary/aromatic N) is 2. The number of nitrogens with one attached hydrogen (secondary N) is 2. The molecule has 0 bridgehead atoms. The molecule has 2 rings (SSSR count). The standard InChI is InChI=1S/C11H20N4O3S2/c1-8-10(19-11(16)13-8)20(17,18)12-6-9-7-14(2)4-5-15(9)3/h9,12H,4-7H2,1-3H3,(H,13,16). The smallest absolute Gasteiger partial charge is 0.305 e. The Balaban J connectivity index is 2.06. The van der Waals surface area contributed by atoms with E-state index in [1.165, 1.54) is 0 Å². The molecule has 0 aliphatic carbocycles. The average Bonchev–Trinajstić information content (AvgIpc) is 2.70. The minimum Gasteiger partial charge on any atom is -0.315 e. The van der Waals surface area contributed by atoms with E-state index in [-0.39, 0.29) is 15.1 Å². The van der Waals surface area contributed by atoms with Crippen molar-refractivity contribution < 1.29 is 8.42 Å². The van der Waals surface area contributed by atoms with Crippen molar-refractivity contribution in [3.63, 3.8) is 0 Å². The minimum absolute atomic E-state index is 0.0781. The lowest BCUT2D eigenvalue weighted by Gasteiger charge is -2.37. The van der Waals surface area contributed by atoms with Crippen LogP contribution in [-0.4, -0.2) is 69.5 Å². The molecule has 1 aromatic heterocycles. The molecule has 1 aliphatic heterocycles. The van der Waals surface area contributed by atoms with Crippen LogP contribution < -0.4 is 9.60 Å². The van der Waals surface area contributed by atoms with Gasteiger partial charge in [-0.25, -0.2) is 13.1 Å². The van der Waals surface area contributed by atoms with Crippen LogP contribution in [0.25, 0.3) is 0 Å². The van der Waals surface area contributed by atoms with Gasteiger partial charge in [0.15, 0.2) is 4.21 Å². The van der Waals surface area contributed by atoms with E-state index in [0.29, 0.717) is 12.2 Å². The summed E-state index contributed by atoms with van der Waals surface area (Å²) in [5, 5.41) is 0. The molecule has 2 N–H and O–H groups in total. The van der Waals surface area contributed by atoms with Gasteiger partial charge in [-0.05, 0) is 21.0 Å². The zero-order valence-electron chi connectivity index (χ0n) is 11.8. The fourth-order valence-electron chi connectivity index (χ4n) is 2.24. The normalized spacial score (nSPS) is 22.2. The molecule has 2 heterocycles. The first-order valence-corrected chi connectivity index (χ1v) is 8.67. The Labute approximate surface area is 122 Å². The molecule has 0 radical (unpaired) electrons. The Bertz CT molecular complexity index is 622. The average molecular weight is 320 g/mol. The summed E-state index contributed by atoms with van der Waals surface area (Å²) in [6.45, 7) is 4.65. The van der Waals surface area contributed by atoms with Gasteiger partial charge in [0, 0.05) is 37.9 Å². The third-order valence-electron chi connectivity index (χ3n) is 3.51. The summed E-state index contributed by atoms with van der Waals surface area (Å²) in [6, 6.07) is 0.138. The molecule has 0 amide bonds. The van der Waals surface area contributed by atoms with E-state index < -0.39 is 10.0 Å². The zero-order valence-corrected chi connectivity index (χ0v) is 13.5. The summed E-state index contributed by atoms with van der Waals surface area (Å²) in [6.07, 6.45) is 0. The number of aryl methyl sites for hydroxylation is 1. The molecule has 1 fully saturated rings. The lowest BCUT2D eigenvalue weighted by Crippen LogP contribution is -2.54. The topological polar surface area (TPSA) is 85.5 Å². The second-order valence-electron chi connectivity index (χ2n) is 5.18. The van der Waals surface area contributed by atoms with Gasteiger partial charge in [-0.1, -0.05) is 11.3 Å². The van der Waals surface area contributed by atoms with Crippen LogP contribution in [-0.2, 0) is 10.0 Å². The van der Waals surface area contributed by atoms with Crippen molar-refractivity contribution in [2.45, 2.75) is 17.2 Å². The molecule has 1 aliphatic rings. The van der Waals surface area contributed by atoms with Gasteiger partial charge in [0.25, 0.3) is 10.0 Å². The van der Waals surface area contributed by atoms with Crippen LogP contribution in [0.3, 0.4) is 0 Å². The van der Waals surface area contributed by atoms with Crippen molar-refractivity contribution in [2.24, 2.45) is 0 Å². The highest BCUT2D eigenvalue weighted by Gasteiger charge is 2.26. The molecule has 1 aromatic rings. The summed E-state index contributed by atoms with van der Waals surface area (Å²) in [5.74, 6) is 0. The van der Waals surface area contributed by atoms with Crippen molar-refractivity contribution in [1.82, 2.24) is 19.5 Å². The Morgan fingerprint density at radius 3 is 2.70 bits per heavy atom. The minimum atomic E-state index is -3.62. The van der Waals surface area contributed by atoms with Crippen molar-refractivity contribution in [2.75, 3.05) is 40.3 Å². The molecule has 0 saturated carbocycles. The largest absolute Gasteiger partial charge is 0.315 e. The molecule has 9 heteroatoms. The van der Waals surface area contributed by atoms with Gasteiger partial charge < -0.3 is 9.88 Å². The number of sulfonamides is 1. The quantitative estimate of drug-likeness (QED) is 0.764. The first kappa shape index (κ1) is 15.6. The van der Waals surface area contributed by atoms with E-state index in [0.717, 1.165) is 31.0 Å². The van der Waals surface area contributed by atoms with Crippen LogP contribution in [0.2, 0.25) is 0 Å². The maximum atomic E-state index is 12.2. The predicted molar refractivity (Wildman–Crippen MR) is 78.8 cm³/mol. The summed E-state index contributed by atoms with van der Waals surface area (Å²) in [5.41, 5.74) is 0.390. The van der Waals surface area contributed by atoms with Gasteiger partial charge in [-0.15, -0.1) is 0 Å². The first-order chi connectivity index (χ1) is 9.29. The van der Waals surface area contributed by atoms with E-state index in [1.807, 2.05) is 14.1 Å². The second-order valence-corrected chi connectivity index (χ2v) is 8.12. The van der Waals surface area contributed by atoms with Crippen molar-refractivity contribution in [3.8, 4) is 0 Å². The number of thiazole rings is 1. The molecular formula is C11H20N4O3S2. The van der Waals surface area contributed by atoms with Crippen LogP contribution in [0, 0.1) is 6.92 Å². The SMILES string of the molecule is Cc1[nH]c(=O)sc1S(=O)(=O)NCC1CN(C)CCN1C. The van der Waals surface area contributed by atoms with Crippen molar-refractivity contribution in [3.05, 3.63) is 15.4 Å². The highest BCUT2D eigenvalue weighted by atomic mass is 32.2.